The van der Waals surface area contributed by atoms with Crippen LogP contribution >= 0.6 is 0 Å². The average molecular weight is 421 g/mol. The summed E-state index contributed by atoms with van der Waals surface area (Å²) in [6, 6.07) is 17.7. The number of piperidine rings is 1. The molecule has 0 spiro atoms. The Morgan fingerprint density at radius 2 is 1.71 bits per heavy atom. The number of benzene rings is 2. The summed E-state index contributed by atoms with van der Waals surface area (Å²) >= 11 is 0. The van der Waals surface area contributed by atoms with Crippen molar-refractivity contribution >= 4 is 16.9 Å². The number of ether oxygens (including phenoxy) is 1. The molecule has 2 N–H and O–H groups in total. The first-order valence-electron chi connectivity index (χ1n) is 10.9. The van der Waals surface area contributed by atoms with E-state index in [1.54, 1.807) is 0 Å². The Balaban J connectivity index is 1.51. The number of carbonyl (C=O) groups is 1. The average Bonchev–Trinajstić information content (AvgIpc) is 3.02. The van der Waals surface area contributed by atoms with Crippen LogP contribution in [0.1, 0.15) is 46.4 Å². The van der Waals surface area contributed by atoms with Gasteiger partial charge in [-0.3, -0.25) is 4.79 Å². The lowest BCUT2D eigenvalue weighted by molar-refractivity contribution is -0.122. The number of nitrogens with one attached hydrogen (secondary N) is 2. The monoisotopic (exact) mass is 420 g/mol. The maximum atomic E-state index is 13.0. The number of hydrogen-bond donors (Lipinski definition) is 2. The maximum absolute atomic E-state index is 13.0. The summed E-state index contributed by atoms with van der Waals surface area (Å²) in [5.74, 6) is 1.53. The molecular weight excluding hydrogens is 388 g/mol. The van der Waals surface area contributed by atoms with E-state index in [4.69, 9.17) is 9.72 Å². The molecule has 1 aliphatic heterocycles. The Morgan fingerprint density at radius 1 is 1.06 bits per heavy atom. The second-order valence-electron chi connectivity index (χ2n) is 9.77. The Hall–Kier alpha value is -2.86. The molecule has 1 aromatic heterocycles. The van der Waals surface area contributed by atoms with Gasteiger partial charge in [0.2, 0.25) is 5.91 Å². The number of imidazole rings is 1. The number of rotatable bonds is 6. The van der Waals surface area contributed by atoms with Crippen LogP contribution in [0.2, 0.25) is 0 Å². The largest absolute Gasteiger partial charge is 0.486 e. The number of nitrogens with zero attached hydrogens (tertiary/aromatic N) is 2. The van der Waals surface area contributed by atoms with Gasteiger partial charge in [0.05, 0.1) is 11.0 Å². The third-order valence-electron chi connectivity index (χ3n) is 5.70. The van der Waals surface area contributed by atoms with Crippen LogP contribution in [0.15, 0.2) is 54.6 Å². The van der Waals surface area contributed by atoms with Gasteiger partial charge in [-0.05, 0) is 64.8 Å². The molecule has 2 aromatic carbocycles. The van der Waals surface area contributed by atoms with Gasteiger partial charge in [0.15, 0.2) is 0 Å². The number of hydrogen-bond acceptors (Lipinski definition) is 4. The van der Waals surface area contributed by atoms with Gasteiger partial charge in [-0.2, -0.15) is 0 Å². The standard InChI is InChI=1S/C25H32N4O2/c1-24(2)14-18(15-25(3,4)28-24)26-23(30)16-29-21-13-9-8-12-20(21)27-22(29)17-31-19-10-6-5-7-11-19/h5-13,18,28H,14-17H2,1-4H3,(H,26,30). The normalized spacial score (nSPS) is 18.1. The molecule has 0 aliphatic carbocycles. The van der Waals surface area contributed by atoms with Crippen LogP contribution in [0.3, 0.4) is 0 Å². The van der Waals surface area contributed by atoms with Gasteiger partial charge >= 0.3 is 0 Å². The molecule has 1 fully saturated rings. The van der Waals surface area contributed by atoms with Gasteiger partial charge in [0, 0.05) is 17.1 Å². The van der Waals surface area contributed by atoms with Gasteiger partial charge in [-0.1, -0.05) is 30.3 Å². The molecule has 2 heterocycles. The van der Waals surface area contributed by atoms with E-state index in [9.17, 15) is 4.79 Å². The van der Waals surface area contributed by atoms with Crippen molar-refractivity contribution in [2.75, 3.05) is 0 Å². The van der Waals surface area contributed by atoms with Crippen LogP contribution < -0.4 is 15.4 Å². The van der Waals surface area contributed by atoms with Gasteiger partial charge in [0.1, 0.15) is 24.7 Å². The lowest BCUT2D eigenvalue weighted by Gasteiger charge is -2.46. The molecule has 4 rings (SSSR count). The minimum absolute atomic E-state index is 0.00242. The first kappa shape index (κ1) is 21.4. The summed E-state index contributed by atoms with van der Waals surface area (Å²) in [7, 11) is 0. The number of aromatic nitrogens is 2. The van der Waals surface area contributed by atoms with Crippen molar-refractivity contribution in [2.24, 2.45) is 0 Å². The van der Waals surface area contributed by atoms with Crippen molar-refractivity contribution in [1.82, 2.24) is 20.2 Å². The smallest absolute Gasteiger partial charge is 0.240 e. The van der Waals surface area contributed by atoms with Crippen LogP contribution in [-0.4, -0.2) is 32.6 Å². The molecule has 0 radical (unpaired) electrons. The van der Waals surface area contributed by atoms with E-state index in [-0.39, 0.29) is 29.6 Å². The van der Waals surface area contributed by atoms with Crippen molar-refractivity contribution in [1.29, 1.82) is 0 Å². The van der Waals surface area contributed by atoms with Crippen molar-refractivity contribution < 1.29 is 9.53 Å². The summed E-state index contributed by atoms with van der Waals surface area (Å²) in [6.07, 6.45) is 1.80. The second kappa shape index (κ2) is 8.35. The van der Waals surface area contributed by atoms with Crippen LogP contribution in [0, 0.1) is 0 Å². The zero-order valence-corrected chi connectivity index (χ0v) is 18.8. The molecule has 1 aliphatic rings. The molecule has 0 bridgehead atoms. The van der Waals surface area contributed by atoms with E-state index in [0.717, 1.165) is 35.4 Å². The number of carbonyl (C=O) groups excluding carboxylic acids is 1. The lowest BCUT2D eigenvalue weighted by Crippen LogP contribution is -2.62. The summed E-state index contributed by atoms with van der Waals surface area (Å²) in [5, 5.41) is 6.93. The van der Waals surface area contributed by atoms with Crippen LogP contribution in [0.5, 0.6) is 5.75 Å². The van der Waals surface area contributed by atoms with E-state index in [2.05, 4.69) is 38.3 Å². The predicted octanol–water partition coefficient (Wildman–Crippen LogP) is 4.04. The fourth-order valence-corrected chi connectivity index (χ4v) is 4.92. The third kappa shape index (κ3) is 5.25. The quantitative estimate of drug-likeness (QED) is 0.632. The zero-order valence-electron chi connectivity index (χ0n) is 18.8. The minimum Gasteiger partial charge on any atom is -0.486 e. The van der Waals surface area contributed by atoms with Crippen molar-refractivity contribution in [2.45, 2.75) is 70.8 Å². The van der Waals surface area contributed by atoms with Crippen LogP contribution in [0.4, 0.5) is 0 Å². The summed E-state index contributed by atoms with van der Waals surface area (Å²) in [6.45, 7) is 9.29. The molecular formula is C25H32N4O2. The van der Waals surface area contributed by atoms with Crippen molar-refractivity contribution in [3.8, 4) is 5.75 Å². The highest BCUT2D eigenvalue weighted by Gasteiger charge is 2.38. The summed E-state index contributed by atoms with van der Waals surface area (Å²) in [5.41, 5.74) is 1.77. The zero-order chi connectivity index (χ0) is 22.1. The van der Waals surface area contributed by atoms with Gasteiger partial charge in [-0.15, -0.1) is 0 Å². The molecule has 3 aromatic rings. The number of amides is 1. The molecule has 0 atom stereocenters. The summed E-state index contributed by atoms with van der Waals surface area (Å²) in [4.78, 5) is 17.8. The highest BCUT2D eigenvalue weighted by atomic mass is 16.5. The topological polar surface area (TPSA) is 68.2 Å². The van der Waals surface area contributed by atoms with Gasteiger partial charge in [-0.25, -0.2) is 4.98 Å². The Morgan fingerprint density at radius 3 is 2.42 bits per heavy atom. The molecule has 31 heavy (non-hydrogen) atoms. The maximum Gasteiger partial charge on any atom is 0.240 e. The number of fused-ring (bicyclic) bond motifs is 1. The first-order chi connectivity index (χ1) is 14.7. The molecule has 0 unspecified atom stereocenters. The molecule has 1 amide bonds. The van der Waals surface area contributed by atoms with E-state index in [1.165, 1.54) is 0 Å². The fraction of sp³-hybridized carbons (Fsp3) is 0.440. The molecule has 0 saturated carbocycles. The van der Waals surface area contributed by atoms with Crippen LogP contribution in [-0.2, 0) is 17.9 Å². The van der Waals surface area contributed by atoms with Gasteiger partial charge < -0.3 is 19.9 Å². The SMILES string of the molecule is CC1(C)CC(NC(=O)Cn2c(COc3ccccc3)nc3ccccc32)CC(C)(C)N1. The number of para-hydroxylation sites is 3. The van der Waals surface area contributed by atoms with Gasteiger partial charge in [0.25, 0.3) is 0 Å². The third-order valence-corrected chi connectivity index (χ3v) is 5.70. The predicted molar refractivity (Wildman–Crippen MR) is 123 cm³/mol. The Labute approximate surface area is 184 Å². The molecule has 1 saturated heterocycles. The van der Waals surface area contributed by atoms with E-state index in [0.29, 0.717) is 6.61 Å². The minimum atomic E-state index is -0.0178. The molecule has 6 heteroatoms. The van der Waals surface area contributed by atoms with Crippen molar-refractivity contribution in [3.05, 3.63) is 60.4 Å². The summed E-state index contributed by atoms with van der Waals surface area (Å²) < 4.78 is 7.89. The van der Waals surface area contributed by atoms with E-state index in [1.807, 2.05) is 59.2 Å². The van der Waals surface area contributed by atoms with Crippen LogP contribution in [0.25, 0.3) is 11.0 Å². The molecule has 6 nitrogen and oxygen atoms in total. The highest BCUT2D eigenvalue weighted by Crippen LogP contribution is 2.28. The highest BCUT2D eigenvalue weighted by molar-refractivity contribution is 5.81. The van der Waals surface area contributed by atoms with E-state index < -0.39 is 0 Å². The first-order valence-corrected chi connectivity index (χ1v) is 10.9. The van der Waals surface area contributed by atoms with Crippen molar-refractivity contribution in [3.63, 3.8) is 0 Å². The second-order valence-corrected chi connectivity index (χ2v) is 9.77. The fourth-order valence-electron chi connectivity index (χ4n) is 4.92. The lowest BCUT2D eigenvalue weighted by atomic mass is 9.79. The van der Waals surface area contributed by atoms with E-state index >= 15 is 0 Å². The molecule has 164 valence electrons. The Bertz CT molecular complexity index is 1040. The Kier molecular flexibility index (Phi) is 5.75.